The summed E-state index contributed by atoms with van der Waals surface area (Å²) in [5.74, 6) is 0.783. The summed E-state index contributed by atoms with van der Waals surface area (Å²) in [6.45, 7) is 6.16. The Labute approximate surface area is 113 Å². The normalized spacial score (nSPS) is 16.6. The molecular formula is C13H22N4O2. The molecule has 0 radical (unpaired) electrons. The van der Waals surface area contributed by atoms with Gasteiger partial charge in [0, 0.05) is 31.1 Å². The van der Waals surface area contributed by atoms with Crippen molar-refractivity contribution in [3.63, 3.8) is 0 Å². The zero-order valence-electron chi connectivity index (χ0n) is 11.6. The van der Waals surface area contributed by atoms with Crippen LogP contribution in [0.25, 0.3) is 0 Å². The summed E-state index contributed by atoms with van der Waals surface area (Å²) in [6.07, 6.45) is 2.66. The lowest BCUT2D eigenvalue weighted by molar-refractivity contribution is 0.181. The molecule has 0 aliphatic carbocycles. The SMILES string of the molecule is CCNC(=O)N1CCC(c2noc(N)c2CC)CC1. The van der Waals surface area contributed by atoms with Gasteiger partial charge >= 0.3 is 6.03 Å². The van der Waals surface area contributed by atoms with Crippen molar-refractivity contribution in [2.45, 2.75) is 39.0 Å². The van der Waals surface area contributed by atoms with Crippen LogP contribution in [0.3, 0.4) is 0 Å². The average Bonchev–Trinajstić information content (AvgIpc) is 2.80. The summed E-state index contributed by atoms with van der Waals surface area (Å²) in [6, 6.07) is 0.0244. The highest BCUT2D eigenvalue weighted by atomic mass is 16.5. The van der Waals surface area contributed by atoms with Crippen LogP contribution in [0, 0.1) is 0 Å². The van der Waals surface area contributed by atoms with E-state index in [9.17, 15) is 4.79 Å². The largest absolute Gasteiger partial charge is 0.367 e. The Hall–Kier alpha value is -1.72. The Kier molecular flexibility index (Phi) is 4.29. The van der Waals surface area contributed by atoms with E-state index in [1.807, 2.05) is 11.8 Å². The number of urea groups is 1. The third-order valence-corrected chi connectivity index (χ3v) is 3.70. The summed E-state index contributed by atoms with van der Waals surface area (Å²) >= 11 is 0. The predicted molar refractivity (Wildman–Crippen MR) is 72.9 cm³/mol. The fourth-order valence-corrected chi connectivity index (χ4v) is 2.63. The zero-order chi connectivity index (χ0) is 13.8. The standard InChI is InChI=1S/C13H22N4O2/c1-3-10-11(16-19-12(10)14)9-5-7-17(8-6-9)13(18)15-4-2/h9H,3-8,14H2,1-2H3,(H,15,18). The maximum absolute atomic E-state index is 11.7. The van der Waals surface area contributed by atoms with E-state index in [4.69, 9.17) is 10.3 Å². The molecule has 2 amide bonds. The number of rotatable bonds is 3. The quantitative estimate of drug-likeness (QED) is 0.872. The molecule has 1 aliphatic rings. The van der Waals surface area contributed by atoms with Crippen LogP contribution in [0.5, 0.6) is 0 Å². The third kappa shape index (κ3) is 2.83. The number of nitrogens with two attached hydrogens (primary N) is 1. The second kappa shape index (κ2) is 5.95. The number of carbonyl (C=O) groups excluding carboxylic acids is 1. The van der Waals surface area contributed by atoms with Crippen LogP contribution in [0.4, 0.5) is 10.7 Å². The average molecular weight is 266 g/mol. The number of hydrogen-bond donors (Lipinski definition) is 2. The summed E-state index contributed by atoms with van der Waals surface area (Å²) < 4.78 is 5.09. The molecule has 0 atom stereocenters. The maximum Gasteiger partial charge on any atom is 0.317 e. The molecule has 1 aromatic rings. The van der Waals surface area contributed by atoms with Crippen LogP contribution in [-0.4, -0.2) is 35.7 Å². The molecule has 1 fully saturated rings. The summed E-state index contributed by atoms with van der Waals surface area (Å²) in [7, 11) is 0. The van der Waals surface area contributed by atoms with Crippen LogP contribution in [0.15, 0.2) is 4.52 Å². The van der Waals surface area contributed by atoms with E-state index in [0.717, 1.165) is 43.6 Å². The molecule has 3 N–H and O–H groups in total. The van der Waals surface area contributed by atoms with Gasteiger partial charge in [0.1, 0.15) is 0 Å². The smallest absolute Gasteiger partial charge is 0.317 e. The Balaban J connectivity index is 1.98. The molecule has 1 saturated heterocycles. The van der Waals surface area contributed by atoms with Gasteiger partial charge in [0.2, 0.25) is 5.88 Å². The first-order valence-corrected chi connectivity index (χ1v) is 6.94. The first-order valence-electron chi connectivity index (χ1n) is 6.94. The van der Waals surface area contributed by atoms with Crippen LogP contribution in [0.2, 0.25) is 0 Å². The van der Waals surface area contributed by atoms with Gasteiger partial charge in [-0.25, -0.2) is 4.79 Å². The molecule has 106 valence electrons. The van der Waals surface area contributed by atoms with Gasteiger partial charge in [0.05, 0.1) is 5.69 Å². The fourth-order valence-electron chi connectivity index (χ4n) is 2.63. The summed E-state index contributed by atoms with van der Waals surface area (Å²) in [4.78, 5) is 13.6. The maximum atomic E-state index is 11.7. The Bertz CT molecular complexity index is 436. The number of hydrogen-bond acceptors (Lipinski definition) is 4. The number of nitrogen functional groups attached to an aromatic ring is 1. The molecule has 6 nitrogen and oxygen atoms in total. The first kappa shape index (κ1) is 13.7. The highest BCUT2D eigenvalue weighted by molar-refractivity contribution is 5.74. The molecule has 1 aromatic heterocycles. The second-order valence-electron chi connectivity index (χ2n) is 4.86. The molecule has 0 unspecified atom stereocenters. The van der Waals surface area contributed by atoms with Gasteiger partial charge in [-0.2, -0.15) is 0 Å². The fraction of sp³-hybridized carbons (Fsp3) is 0.692. The molecule has 1 aliphatic heterocycles. The Morgan fingerprint density at radius 3 is 2.74 bits per heavy atom. The number of amides is 2. The number of aromatic nitrogens is 1. The molecule has 19 heavy (non-hydrogen) atoms. The van der Waals surface area contributed by atoms with Gasteiger partial charge in [-0.3, -0.25) is 0 Å². The Morgan fingerprint density at radius 2 is 2.16 bits per heavy atom. The van der Waals surface area contributed by atoms with Gasteiger partial charge < -0.3 is 20.5 Å². The molecule has 0 bridgehead atoms. The van der Waals surface area contributed by atoms with E-state index in [0.29, 0.717) is 18.3 Å². The number of piperidine rings is 1. The van der Waals surface area contributed by atoms with Crippen molar-refractivity contribution in [1.29, 1.82) is 0 Å². The number of carbonyl (C=O) groups is 1. The predicted octanol–water partition coefficient (Wildman–Crippen LogP) is 1.73. The lowest BCUT2D eigenvalue weighted by Crippen LogP contribution is -2.44. The molecule has 2 heterocycles. The van der Waals surface area contributed by atoms with Crippen LogP contribution >= 0.6 is 0 Å². The van der Waals surface area contributed by atoms with Crippen molar-refractivity contribution in [1.82, 2.24) is 15.4 Å². The van der Waals surface area contributed by atoms with Gasteiger partial charge in [-0.05, 0) is 26.2 Å². The van der Waals surface area contributed by atoms with Crippen LogP contribution < -0.4 is 11.1 Å². The highest BCUT2D eigenvalue weighted by Gasteiger charge is 2.27. The van der Waals surface area contributed by atoms with E-state index in [1.54, 1.807) is 0 Å². The minimum atomic E-state index is 0.0244. The van der Waals surface area contributed by atoms with Crippen LogP contribution in [0.1, 0.15) is 43.9 Å². The van der Waals surface area contributed by atoms with E-state index in [2.05, 4.69) is 17.4 Å². The monoisotopic (exact) mass is 266 g/mol. The van der Waals surface area contributed by atoms with E-state index in [1.165, 1.54) is 0 Å². The van der Waals surface area contributed by atoms with Gasteiger partial charge in [-0.1, -0.05) is 12.1 Å². The molecule has 0 aromatic carbocycles. The zero-order valence-corrected chi connectivity index (χ0v) is 11.6. The van der Waals surface area contributed by atoms with Crippen molar-refractivity contribution < 1.29 is 9.32 Å². The topological polar surface area (TPSA) is 84.4 Å². The molecule has 0 saturated carbocycles. The summed E-state index contributed by atoms with van der Waals surface area (Å²) in [5, 5.41) is 6.93. The van der Waals surface area contributed by atoms with Gasteiger partial charge in [0.15, 0.2) is 0 Å². The van der Waals surface area contributed by atoms with E-state index in [-0.39, 0.29) is 6.03 Å². The lowest BCUT2D eigenvalue weighted by Gasteiger charge is -2.31. The minimum absolute atomic E-state index is 0.0244. The van der Waals surface area contributed by atoms with Crippen molar-refractivity contribution in [3.8, 4) is 0 Å². The molecular weight excluding hydrogens is 244 g/mol. The van der Waals surface area contributed by atoms with Gasteiger partial charge in [0.25, 0.3) is 0 Å². The summed E-state index contributed by atoms with van der Waals surface area (Å²) in [5.41, 5.74) is 7.78. The van der Waals surface area contributed by atoms with Gasteiger partial charge in [-0.15, -0.1) is 0 Å². The Morgan fingerprint density at radius 1 is 1.47 bits per heavy atom. The van der Waals surface area contributed by atoms with Crippen molar-refractivity contribution in [3.05, 3.63) is 11.3 Å². The van der Waals surface area contributed by atoms with E-state index >= 15 is 0 Å². The number of nitrogens with one attached hydrogen (secondary N) is 1. The molecule has 2 rings (SSSR count). The number of likely N-dealkylation sites (tertiary alicyclic amines) is 1. The van der Waals surface area contributed by atoms with E-state index < -0.39 is 0 Å². The van der Waals surface area contributed by atoms with Crippen molar-refractivity contribution >= 4 is 11.9 Å². The van der Waals surface area contributed by atoms with Crippen molar-refractivity contribution in [2.24, 2.45) is 0 Å². The number of nitrogens with zero attached hydrogens (tertiary/aromatic N) is 2. The second-order valence-corrected chi connectivity index (χ2v) is 4.86. The number of anilines is 1. The third-order valence-electron chi connectivity index (χ3n) is 3.70. The first-order chi connectivity index (χ1) is 9.17. The molecule has 6 heteroatoms. The highest BCUT2D eigenvalue weighted by Crippen LogP contribution is 2.32. The minimum Gasteiger partial charge on any atom is -0.367 e. The molecule has 0 spiro atoms. The van der Waals surface area contributed by atoms with Crippen molar-refractivity contribution in [2.75, 3.05) is 25.4 Å². The lowest BCUT2D eigenvalue weighted by atomic mass is 9.90. The van der Waals surface area contributed by atoms with Crippen LogP contribution in [-0.2, 0) is 6.42 Å².